The van der Waals surface area contributed by atoms with Gasteiger partial charge in [0.05, 0.1) is 11.5 Å². The van der Waals surface area contributed by atoms with Crippen molar-refractivity contribution >= 4 is 22.1 Å². The standard InChI is InChI=1S/C18H29N5O4S/c1-3-27-18(24)23-12-9-15(10-13-23)22-17(20-2)21-11-8-14-4-6-16(7-5-14)28(19,25)26/h4-7,15H,3,8-13H2,1-2H3,(H2,19,25,26)(H2,20,21,22). The van der Waals surface area contributed by atoms with Crippen LogP contribution < -0.4 is 15.8 Å². The first-order valence-electron chi connectivity index (χ1n) is 9.34. The lowest BCUT2D eigenvalue weighted by molar-refractivity contribution is 0.0963. The number of rotatable bonds is 6. The van der Waals surface area contributed by atoms with Gasteiger partial charge in [-0.15, -0.1) is 0 Å². The van der Waals surface area contributed by atoms with Crippen molar-refractivity contribution in [3.8, 4) is 0 Å². The van der Waals surface area contributed by atoms with Gasteiger partial charge in [0.25, 0.3) is 0 Å². The van der Waals surface area contributed by atoms with Gasteiger partial charge in [-0.05, 0) is 43.9 Å². The molecule has 1 aromatic carbocycles. The van der Waals surface area contributed by atoms with Gasteiger partial charge in [0, 0.05) is 32.7 Å². The van der Waals surface area contributed by atoms with Crippen molar-refractivity contribution in [2.75, 3.05) is 33.3 Å². The minimum absolute atomic E-state index is 0.107. The highest BCUT2D eigenvalue weighted by Gasteiger charge is 2.23. The molecule has 4 N–H and O–H groups in total. The summed E-state index contributed by atoms with van der Waals surface area (Å²) in [5.74, 6) is 0.704. The lowest BCUT2D eigenvalue weighted by Gasteiger charge is -2.32. The maximum absolute atomic E-state index is 11.7. The molecule has 1 heterocycles. The third-order valence-corrected chi connectivity index (χ3v) is 5.47. The monoisotopic (exact) mass is 411 g/mol. The molecule has 9 nitrogen and oxygen atoms in total. The summed E-state index contributed by atoms with van der Waals surface area (Å²) in [5.41, 5.74) is 0.998. The van der Waals surface area contributed by atoms with E-state index in [0.717, 1.165) is 18.4 Å². The number of likely N-dealkylation sites (tertiary alicyclic amines) is 1. The summed E-state index contributed by atoms with van der Waals surface area (Å²) in [6.45, 7) is 4.15. The van der Waals surface area contributed by atoms with Crippen LogP contribution in [0.3, 0.4) is 0 Å². The second kappa shape index (κ2) is 10.3. The average Bonchev–Trinajstić information content (AvgIpc) is 2.67. The third-order valence-electron chi connectivity index (χ3n) is 4.54. The first-order valence-corrected chi connectivity index (χ1v) is 10.9. The number of primary sulfonamides is 1. The maximum atomic E-state index is 11.7. The quantitative estimate of drug-likeness (QED) is 0.466. The van der Waals surface area contributed by atoms with E-state index in [9.17, 15) is 13.2 Å². The van der Waals surface area contributed by atoms with Crippen molar-refractivity contribution < 1.29 is 17.9 Å². The van der Waals surface area contributed by atoms with Crippen LogP contribution in [0.5, 0.6) is 0 Å². The molecular formula is C18H29N5O4S. The summed E-state index contributed by atoms with van der Waals surface area (Å²) in [7, 11) is -1.95. The van der Waals surface area contributed by atoms with Gasteiger partial charge in [-0.3, -0.25) is 4.99 Å². The Labute approximate surface area is 166 Å². The smallest absolute Gasteiger partial charge is 0.409 e. The molecule has 2 rings (SSSR count). The Hall–Kier alpha value is -2.33. The van der Waals surface area contributed by atoms with E-state index >= 15 is 0 Å². The Morgan fingerprint density at radius 3 is 2.46 bits per heavy atom. The predicted octanol–water partition coefficient (Wildman–Crippen LogP) is 0.662. The van der Waals surface area contributed by atoms with Crippen LogP contribution in [0.4, 0.5) is 4.79 Å². The maximum Gasteiger partial charge on any atom is 0.409 e. The Bertz CT molecular complexity index is 772. The number of nitrogens with zero attached hydrogens (tertiary/aromatic N) is 2. The first-order chi connectivity index (χ1) is 13.3. The number of piperidine rings is 1. The van der Waals surface area contributed by atoms with Crippen molar-refractivity contribution in [3.63, 3.8) is 0 Å². The molecule has 156 valence electrons. The first kappa shape index (κ1) is 22.0. The van der Waals surface area contributed by atoms with Crippen LogP contribution in [0.2, 0.25) is 0 Å². The SMILES string of the molecule is CCOC(=O)N1CCC(NC(=NC)NCCc2ccc(S(N)(=O)=O)cc2)CC1. The molecule has 10 heteroatoms. The van der Waals surface area contributed by atoms with E-state index in [0.29, 0.717) is 38.6 Å². The van der Waals surface area contributed by atoms with E-state index in [1.165, 1.54) is 12.1 Å². The van der Waals surface area contributed by atoms with Gasteiger partial charge in [-0.2, -0.15) is 0 Å². The van der Waals surface area contributed by atoms with Crippen molar-refractivity contribution in [2.24, 2.45) is 10.1 Å². The molecule has 1 saturated heterocycles. The number of sulfonamides is 1. The number of guanidine groups is 1. The highest BCUT2D eigenvalue weighted by Crippen LogP contribution is 2.12. The number of carbonyl (C=O) groups is 1. The molecule has 0 aromatic heterocycles. The van der Waals surface area contributed by atoms with Crippen molar-refractivity contribution in [1.29, 1.82) is 0 Å². The fourth-order valence-electron chi connectivity index (χ4n) is 2.98. The van der Waals surface area contributed by atoms with Gasteiger partial charge in [-0.1, -0.05) is 12.1 Å². The molecule has 0 radical (unpaired) electrons. The largest absolute Gasteiger partial charge is 0.450 e. The summed E-state index contributed by atoms with van der Waals surface area (Å²) in [4.78, 5) is 17.8. The molecule has 1 aliphatic heterocycles. The molecule has 0 atom stereocenters. The third kappa shape index (κ3) is 6.68. The second-order valence-electron chi connectivity index (χ2n) is 6.54. The van der Waals surface area contributed by atoms with Gasteiger partial charge in [0.2, 0.25) is 10.0 Å². The number of amides is 1. The minimum atomic E-state index is -3.66. The Balaban J connectivity index is 1.74. The van der Waals surface area contributed by atoms with Crippen LogP contribution in [-0.4, -0.2) is 64.7 Å². The molecule has 28 heavy (non-hydrogen) atoms. The van der Waals surface area contributed by atoms with Crippen LogP contribution in [0.25, 0.3) is 0 Å². The second-order valence-corrected chi connectivity index (χ2v) is 8.10. The molecule has 0 aliphatic carbocycles. The number of nitrogens with one attached hydrogen (secondary N) is 2. The zero-order valence-electron chi connectivity index (χ0n) is 16.3. The Kier molecular flexibility index (Phi) is 8.06. The lowest BCUT2D eigenvalue weighted by atomic mass is 10.1. The molecule has 1 fully saturated rings. The average molecular weight is 412 g/mol. The van der Waals surface area contributed by atoms with Crippen LogP contribution in [0, 0.1) is 0 Å². The number of nitrogens with two attached hydrogens (primary N) is 1. The number of hydrogen-bond donors (Lipinski definition) is 3. The molecule has 1 amide bonds. The van der Waals surface area contributed by atoms with E-state index in [4.69, 9.17) is 9.88 Å². The molecular weight excluding hydrogens is 382 g/mol. The van der Waals surface area contributed by atoms with Crippen molar-refractivity contribution in [1.82, 2.24) is 15.5 Å². The van der Waals surface area contributed by atoms with Gasteiger partial charge in [0.15, 0.2) is 5.96 Å². The highest BCUT2D eigenvalue weighted by molar-refractivity contribution is 7.89. The van der Waals surface area contributed by atoms with Gasteiger partial charge in [-0.25, -0.2) is 18.4 Å². The molecule has 1 aromatic rings. The fourth-order valence-corrected chi connectivity index (χ4v) is 3.50. The number of carbonyl (C=O) groups excluding carboxylic acids is 1. The van der Waals surface area contributed by atoms with E-state index in [-0.39, 0.29) is 17.0 Å². The van der Waals surface area contributed by atoms with Gasteiger partial charge < -0.3 is 20.3 Å². The van der Waals surface area contributed by atoms with Crippen molar-refractivity contribution in [2.45, 2.75) is 37.1 Å². The normalized spacial score (nSPS) is 16.0. The number of hydrogen-bond acceptors (Lipinski definition) is 5. The summed E-state index contributed by atoms with van der Waals surface area (Å²) >= 11 is 0. The molecule has 0 spiro atoms. The Morgan fingerprint density at radius 1 is 1.29 bits per heavy atom. The minimum Gasteiger partial charge on any atom is -0.450 e. The summed E-state index contributed by atoms with van der Waals surface area (Å²) in [6.07, 6.45) is 2.12. The number of benzene rings is 1. The lowest BCUT2D eigenvalue weighted by Crippen LogP contribution is -2.50. The zero-order valence-corrected chi connectivity index (χ0v) is 17.2. The van der Waals surface area contributed by atoms with Crippen LogP contribution >= 0.6 is 0 Å². The van der Waals surface area contributed by atoms with Crippen LogP contribution in [-0.2, 0) is 21.2 Å². The summed E-state index contributed by atoms with van der Waals surface area (Å²) in [6, 6.07) is 6.76. The predicted molar refractivity (Wildman–Crippen MR) is 108 cm³/mol. The molecule has 0 bridgehead atoms. The molecule has 0 unspecified atom stereocenters. The topological polar surface area (TPSA) is 126 Å². The van der Waals surface area contributed by atoms with Crippen molar-refractivity contribution in [3.05, 3.63) is 29.8 Å². The van der Waals surface area contributed by atoms with E-state index in [2.05, 4.69) is 15.6 Å². The molecule has 0 saturated carbocycles. The zero-order chi connectivity index (χ0) is 20.6. The highest BCUT2D eigenvalue weighted by atomic mass is 32.2. The van der Waals surface area contributed by atoms with Crippen LogP contribution in [0.1, 0.15) is 25.3 Å². The van der Waals surface area contributed by atoms with E-state index in [1.807, 2.05) is 0 Å². The molecule has 1 aliphatic rings. The van der Waals surface area contributed by atoms with Gasteiger partial charge in [0.1, 0.15) is 0 Å². The summed E-state index contributed by atoms with van der Waals surface area (Å²) in [5, 5.41) is 11.7. The van der Waals surface area contributed by atoms with Gasteiger partial charge >= 0.3 is 6.09 Å². The van der Waals surface area contributed by atoms with E-state index < -0.39 is 10.0 Å². The Morgan fingerprint density at radius 2 is 1.93 bits per heavy atom. The number of ether oxygens (including phenoxy) is 1. The van der Waals surface area contributed by atoms with E-state index in [1.54, 1.807) is 31.0 Å². The number of aliphatic imine (C=N–C) groups is 1. The summed E-state index contributed by atoms with van der Waals surface area (Å²) < 4.78 is 27.6. The fraction of sp³-hybridized carbons (Fsp3) is 0.556. The van der Waals surface area contributed by atoms with Crippen LogP contribution in [0.15, 0.2) is 34.2 Å².